The number of hydrogen-bond acceptors (Lipinski definition) is 6. The molecule has 0 saturated carbocycles. The van der Waals surface area contributed by atoms with Gasteiger partial charge in [-0.15, -0.1) is 0 Å². The first-order chi connectivity index (χ1) is 9.06. The Morgan fingerprint density at radius 2 is 2.00 bits per heavy atom. The molecule has 0 aliphatic carbocycles. The summed E-state index contributed by atoms with van der Waals surface area (Å²) < 4.78 is 0. The molecule has 0 amide bonds. The van der Waals surface area contributed by atoms with Gasteiger partial charge in [0.1, 0.15) is 6.33 Å². The van der Waals surface area contributed by atoms with E-state index in [-0.39, 0.29) is 23.4 Å². The van der Waals surface area contributed by atoms with Crippen LogP contribution >= 0.6 is 0 Å². The highest BCUT2D eigenvalue weighted by Gasteiger charge is 2.22. The fourth-order valence-corrected chi connectivity index (χ4v) is 1.64. The lowest BCUT2D eigenvalue weighted by Crippen LogP contribution is -2.15. The molecule has 0 saturated heterocycles. The van der Waals surface area contributed by atoms with E-state index in [1.807, 2.05) is 13.8 Å². The van der Waals surface area contributed by atoms with Crippen LogP contribution in [-0.2, 0) is 0 Å². The van der Waals surface area contributed by atoms with Gasteiger partial charge >= 0.3 is 5.69 Å². The summed E-state index contributed by atoms with van der Waals surface area (Å²) in [5.41, 5.74) is -0.0901. The van der Waals surface area contributed by atoms with Crippen LogP contribution in [0.1, 0.15) is 40.0 Å². The SMILES string of the molecule is CCCCCNc1ncnc(NC(C)C)c1[N+](=O)[O-]. The smallest absolute Gasteiger partial charge is 0.353 e. The maximum Gasteiger partial charge on any atom is 0.353 e. The zero-order valence-corrected chi connectivity index (χ0v) is 11.6. The number of nitro groups is 1. The van der Waals surface area contributed by atoms with Gasteiger partial charge in [-0.25, -0.2) is 9.97 Å². The van der Waals surface area contributed by atoms with Crippen molar-refractivity contribution < 1.29 is 4.92 Å². The lowest BCUT2D eigenvalue weighted by molar-refractivity contribution is -0.383. The second kappa shape index (κ2) is 7.50. The normalized spacial score (nSPS) is 10.5. The molecule has 0 aliphatic heterocycles. The van der Waals surface area contributed by atoms with Crippen LogP contribution in [0.25, 0.3) is 0 Å². The summed E-state index contributed by atoms with van der Waals surface area (Å²) in [4.78, 5) is 18.6. The largest absolute Gasteiger partial charge is 0.364 e. The van der Waals surface area contributed by atoms with Gasteiger partial charge in [0.2, 0.25) is 11.6 Å². The van der Waals surface area contributed by atoms with Crippen molar-refractivity contribution in [1.29, 1.82) is 0 Å². The summed E-state index contributed by atoms with van der Waals surface area (Å²) >= 11 is 0. The standard InChI is InChI=1S/C12H21N5O2/c1-4-5-6-7-13-11-10(17(18)19)12(15-8-14-11)16-9(2)3/h8-9H,4-7H2,1-3H3,(H2,13,14,15,16). The van der Waals surface area contributed by atoms with Gasteiger partial charge in [-0.3, -0.25) is 10.1 Å². The van der Waals surface area contributed by atoms with Crippen molar-refractivity contribution in [3.8, 4) is 0 Å². The van der Waals surface area contributed by atoms with Crippen LogP contribution in [-0.4, -0.2) is 27.5 Å². The average molecular weight is 267 g/mol. The minimum absolute atomic E-state index is 0.0709. The second-order valence-corrected chi connectivity index (χ2v) is 4.61. The highest BCUT2D eigenvalue weighted by atomic mass is 16.6. The monoisotopic (exact) mass is 267 g/mol. The number of hydrogen-bond donors (Lipinski definition) is 2. The van der Waals surface area contributed by atoms with Crippen molar-refractivity contribution in [3.05, 3.63) is 16.4 Å². The summed E-state index contributed by atoms with van der Waals surface area (Å²) in [6.07, 6.45) is 4.49. The van der Waals surface area contributed by atoms with E-state index in [0.29, 0.717) is 6.54 Å². The molecule has 7 heteroatoms. The maximum absolute atomic E-state index is 11.2. The van der Waals surface area contributed by atoms with E-state index in [1.165, 1.54) is 6.33 Å². The van der Waals surface area contributed by atoms with E-state index < -0.39 is 4.92 Å². The molecule has 0 spiro atoms. The first kappa shape index (κ1) is 15.1. The van der Waals surface area contributed by atoms with Gasteiger partial charge in [0.05, 0.1) is 4.92 Å². The van der Waals surface area contributed by atoms with Crippen LogP contribution in [0.2, 0.25) is 0 Å². The van der Waals surface area contributed by atoms with Crippen molar-refractivity contribution in [2.75, 3.05) is 17.2 Å². The van der Waals surface area contributed by atoms with E-state index in [0.717, 1.165) is 19.3 Å². The third kappa shape index (κ3) is 4.69. The van der Waals surface area contributed by atoms with Crippen molar-refractivity contribution >= 4 is 17.3 Å². The third-order valence-corrected chi connectivity index (χ3v) is 2.50. The minimum Gasteiger partial charge on any atom is -0.364 e. The molecule has 1 heterocycles. The molecule has 0 fully saturated rings. The summed E-state index contributed by atoms with van der Waals surface area (Å²) in [5, 5.41) is 17.1. The Kier molecular flexibility index (Phi) is 5.98. The number of nitrogens with zero attached hydrogens (tertiary/aromatic N) is 3. The van der Waals surface area contributed by atoms with Crippen LogP contribution in [0.15, 0.2) is 6.33 Å². The molecule has 0 aromatic carbocycles. The quantitative estimate of drug-likeness (QED) is 0.427. The second-order valence-electron chi connectivity index (χ2n) is 4.61. The Morgan fingerprint density at radius 1 is 1.32 bits per heavy atom. The molecule has 2 N–H and O–H groups in total. The van der Waals surface area contributed by atoms with Crippen molar-refractivity contribution in [2.24, 2.45) is 0 Å². The fraction of sp³-hybridized carbons (Fsp3) is 0.667. The Balaban J connectivity index is 2.87. The topological polar surface area (TPSA) is 93.0 Å². The highest BCUT2D eigenvalue weighted by Crippen LogP contribution is 2.29. The van der Waals surface area contributed by atoms with Crippen molar-refractivity contribution in [2.45, 2.75) is 46.1 Å². The van der Waals surface area contributed by atoms with E-state index in [9.17, 15) is 10.1 Å². The molecule has 7 nitrogen and oxygen atoms in total. The molecule has 1 rings (SSSR count). The van der Waals surface area contributed by atoms with Crippen LogP contribution in [0.4, 0.5) is 17.3 Å². The van der Waals surface area contributed by atoms with Crippen LogP contribution in [0, 0.1) is 10.1 Å². The van der Waals surface area contributed by atoms with Gasteiger partial charge in [0, 0.05) is 12.6 Å². The predicted octanol–water partition coefficient (Wildman–Crippen LogP) is 2.81. The summed E-state index contributed by atoms with van der Waals surface area (Å²) in [6, 6.07) is 0.0709. The van der Waals surface area contributed by atoms with E-state index in [2.05, 4.69) is 27.5 Å². The van der Waals surface area contributed by atoms with Gasteiger partial charge in [-0.2, -0.15) is 0 Å². The van der Waals surface area contributed by atoms with Crippen LogP contribution in [0.5, 0.6) is 0 Å². The number of anilines is 2. The first-order valence-electron chi connectivity index (χ1n) is 6.56. The predicted molar refractivity (Wildman–Crippen MR) is 75.5 cm³/mol. The summed E-state index contributed by atoms with van der Waals surface area (Å²) in [7, 11) is 0. The van der Waals surface area contributed by atoms with E-state index in [1.54, 1.807) is 0 Å². The molecule has 0 unspecified atom stereocenters. The molecule has 0 bridgehead atoms. The summed E-state index contributed by atoms with van der Waals surface area (Å²) in [6.45, 7) is 6.59. The maximum atomic E-state index is 11.2. The number of nitrogens with one attached hydrogen (secondary N) is 2. The van der Waals surface area contributed by atoms with Crippen LogP contribution in [0.3, 0.4) is 0 Å². The Bertz CT molecular complexity index is 423. The molecule has 0 atom stereocenters. The molecule has 106 valence electrons. The lowest BCUT2D eigenvalue weighted by Gasteiger charge is -2.11. The van der Waals surface area contributed by atoms with Gasteiger partial charge in [-0.05, 0) is 20.3 Å². The van der Waals surface area contributed by atoms with E-state index in [4.69, 9.17) is 0 Å². The minimum atomic E-state index is -0.452. The molecule has 0 radical (unpaired) electrons. The number of unbranched alkanes of at least 4 members (excludes halogenated alkanes) is 2. The molecule has 1 aromatic heterocycles. The van der Waals surface area contributed by atoms with Gasteiger partial charge in [-0.1, -0.05) is 19.8 Å². The van der Waals surface area contributed by atoms with Gasteiger partial charge in [0.15, 0.2) is 0 Å². The number of rotatable bonds is 8. The molecule has 1 aromatic rings. The first-order valence-corrected chi connectivity index (χ1v) is 6.56. The highest BCUT2D eigenvalue weighted by molar-refractivity contribution is 5.69. The molecule has 0 aliphatic rings. The molecule has 19 heavy (non-hydrogen) atoms. The summed E-state index contributed by atoms with van der Waals surface area (Å²) in [5.74, 6) is 0.534. The average Bonchev–Trinajstić information content (AvgIpc) is 2.33. The Morgan fingerprint density at radius 3 is 2.58 bits per heavy atom. The zero-order valence-electron chi connectivity index (χ0n) is 11.6. The van der Waals surface area contributed by atoms with Crippen molar-refractivity contribution in [1.82, 2.24) is 9.97 Å². The Hall–Kier alpha value is -1.92. The fourth-order valence-electron chi connectivity index (χ4n) is 1.64. The van der Waals surface area contributed by atoms with Crippen molar-refractivity contribution in [3.63, 3.8) is 0 Å². The Labute approximate surface area is 113 Å². The van der Waals surface area contributed by atoms with Gasteiger partial charge < -0.3 is 10.6 Å². The molecular formula is C12H21N5O2. The van der Waals surface area contributed by atoms with E-state index >= 15 is 0 Å². The number of aromatic nitrogens is 2. The third-order valence-electron chi connectivity index (χ3n) is 2.50. The lowest BCUT2D eigenvalue weighted by atomic mass is 10.2. The van der Waals surface area contributed by atoms with Crippen LogP contribution < -0.4 is 10.6 Å². The zero-order chi connectivity index (χ0) is 14.3. The molecular weight excluding hydrogens is 246 g/mol. The van der Waals surface area contributed by atoms with Gasteiger partial charge in [0.25, 0.3) is 0 Å².